The van der Waals surface area contributed by atoms with Gasteiger partial charge in [-0.1, -0.05) is 11.6 Å². The zero-order valence-corrected chi connectivity index (χ0v) is 14.4. The van der Waals surface area contributed by atoms with Gasteiger partial charge in [0.2, 0.25) is 10.0 Å². The number of fused-ring (bicyclic) bond motifs is 1. The highest BCUT2D eigenvalue weighted by Gasteiger charge is 2.51. The van der Waals surface area contributed by atoms with Gasteiger partial charge in [-0.25, -0.2) is 8.42 Å². The van der Waals surface area contributed by atoms with Gasteiger partial charge in [-0.05, 0) is 24.6 Å². The van der Waals surface area contributed by atoms with Crippen molar-refractivity contribution in [3.63, 3.8) is 0 Å². The largest absolute Gasteiger partial charge is 0.495 e. The van der Waals surface area contributed by atoms with Crippen molar-refractivity contribution in [2.24, 2.45) is 11.3 Å². The molecule has 0 amide bonds. The third kappa shape index (κ3) is 2.85. The average molecular weight is 362 g/mol. The van der Waals surface area contributed by atoms with Gasteiger partial charge in [0.1, 0.15) is 10.6 Å². The third-order valence-electron chi connectivity index (χ3n) is 4.90. The van der Waals surface area contributed by atoms with E-state index in [1.165, 1.54) is 17.5 Å². The first-order valence-corrected chi connectivity index (χ1v) is 9.27. The van der Waals surface area contributed by atoms with E-state index in [2.05, 4.69) is 0 Å². The van der Waals surface area contributed by atoms with Gasteiger partial charge in [-0.3, -0.25) is 0 Å². The van der Waals surface area contributed by atoms with Crippen LogP contribution in [-0.4, -0.2) is 57.8 Å². The van der Waals surface area contributed by atoms with E-state index in [0.717, 1.165) is 0 Å². The molecule has 2 aliphatic heterocycles. The van der Waals surface area contributed by atoms with E-state index in [0.29, 0.717) is 31.2 Å². The molecule has 2 aliphatic rings. The summed E-state index contributed by atoms with van der Waals surface area (Å²) in [6.07, 6.45) is 0.660. The minimum absolute atomic E-state index is 0.00111. The summed E-state index contributed by atoms with van der Waals surface area (Å²) in [5.41, 5.74) is -0.420. The first-order chi connectivity index (χ1) is 10.9. The highest BCUT2D eigenvalue weighted by molar-refractivity contribution is 7.89. The number of nitrogens with zero attached hydrogens (tertiary/aromatic N) is 1. The first-order valence-electron chi connectivity index (χ1n) is 7.45. The number of sulfonamides is 1. The molecule has 1 aromatic rings. The Hall–Kier alpha value is -0.860. The second kappa shape index (κ2) is 6.22. The van der Waals surface area contributed by atoms with Crippen molar-refractivity contribution in [2.45, 2.75) is 11.3 Å². The van der Waals surface area contributed by atoms with Crippen LogP contribution in [0.2, 0.25) is 5.02 Å². The summed E-state index contributed by atoms with van der Waals surface area (Å²) in [6.45, 7) is 1.60. The first kappa shape index (κ1) is 17.0. The fraction of sp³-hybridized carbons (Fsp3) is 0.600. The van der Waals surface area contributed by atoms with E-state index in [4.69, 9.17) is 21.1 Å². The third-order valence-corrected chi connectivity index (χ3v) is 6.97. The molecule has 128 valence electrons. The molecule has 0 aromatic heterocycles. The molecule has 1 N–H and O–H groups in total. The van der Waals surface area contributed by atoms with Crippen LogP contribution in [0.3, 0.4) is 0 Å². The monoisotopic (exact) mass is 361 g/mol. The molecule has 2 atom stereocenters. The lowest BCUT2D eigenvalue weighted by Gasteiger charge is -2.36. The molecular weight excluding hydrogens is 342 g/mol. The molecule has 6 nitrogen and oxygen atoms in total. The van der Waals surface area contributed by atoms with E-state index in [1.807, 2.05) is 0 Å². The smallest absolute Gasteiger partial charge is 0.246 e. The summed E-state index contributed by atoms with van der Waals surface area (Å²) in [5.74, 6) is 0.264. The predicted molar refractivity (Wildman–Crippen MR) is 85.2 cm³/mol. The van der Waals surface area contributed by atoms with E-state index >= 15 is 0 Å². The number of benzene rings is 1. The Kier molecular flexibility index (Phi) is 4.59. The van der Waals surface area contributed by atoms with Gasteiger partial charge in [0.15, 0.2) is 0 Å². The molecule has 2 saturated heterocycles. The second-order valence-electron chi connectivity index (χ2n) is 6.14. The van der Waals surface area contributed by atoms with Gasteiger partial charge in [0, 0.05) is 36.1 Å². The number of halogens is 1. The molecular formula is C15H20ClNO5S. The van der Waals surface area contributed by atoms with Crippen LogP contribution in [0.1, 0.15) is 6.42 Å². The molecule has 0 unspecified atom stereocenters. The zero-order valence-electron chi connectivity index (χ0n) is 12.9. The van der Waals surface area contributed by atoms with Gasteiger partial charge in [0.05, 0.1) is 20.3 Å². The standard InChI is InChI=1S/C15H20ClNO5S/c1-21-13-3-2-12(16)6-14(13)23(19,20)17-7-11-8-22-5-4-15(11,9-17)10-18/h2-3,6,11,18H,4-5,7-10H2,1H3/t11-,15-/m1/s1. The lowest BCUT2D eigenvalue weighted by molar-refractivity contribution is -0.0414. The highest BCUT2D eigenvalue weighted by atomic mass is 35.5. The molecule has 1 aromatic carbocycles. The Morgan fingerprint density at radius 3 is 2.96 bits per heavy atom. The van der Waals surface area contributed by atoms with Crippen molar-refractivity contribution in [3.8, 4) is 5.75 Å². The van der Waals surface area contributed by atoms with Crippen LogP contribution in [0.15, 0.2) is 23.1 Å². The zero-order chi connectivity index (χ0) is 16.7. The van der Waals surface area contributed by atoms with E-state index < -0.39 is 15.4 Å². The van der Waals surface area contributed by atoms with E-state index in [1.54, 1.807) is 12.1 Å². The molecule has 2 fully saturated rings. The summed E-state index contributed by atoms with van der Waals surface area (Å²) < 4.78 is 38.1. The fourth-order valence-corrected chi connectivity index (χ4v) is 5.43. The minimum Gasteiger partial charge on any atom is -0.495 e. The number of hydrogen-bond acceptors (Lipinski definition) is 5. The van der Waals surface area contributed by atoms with Crippen molar-refractivity contribution in [3.05, 3.63) is 23.2 Å². The van der Waals surface area contributed by atoms with Crippen LogP contribution in [0, 0.1) is 11.3 Å². The lowest BCUT2D eigenvalue weighted by atomic mass is 9.75. The van der Waals surface area contributed by atoms with Gasteiger partial charge in [-0.15, -0.1) is 0 Å². The Labute approximate surface area is 141 Å². The van der Waals surface area contributed by atoms with Crippen LogP contribution < -0.4 is 4.74 Å². The molecule has 8 heteroatoms. The Morgan fingerprint density at radius 2 is 2.30 bits per heavy atom. The topological polar surface area (TPSA) is 76.1 Å². The van der Waals surface area contributed by atoms with Gasteiger partial charge in [-0.2, -0.15) is 4.31 Å². The van der Waals surface area contributed by atoms with Crippen molar-refractivity contribution in [2.75, 3.05) is 40.0 Å². The molecule has 0 radical (unpaired) electrons. The highest BCUT2D eigenvalue weighted by Crippen LogP contribution is 2.44. The Bertz CT molecular complexity index is 695. The van der Waals surface area contributed by atoms with E-state index in [-0.39, 0.29) is 29.7 Å². The summed E-state index contributed by atoms with van der Waals surface area (Å²) >= 11 is 5.96. The van der Waals surface area contributed by atoms with Crippen molar-refractivity contribution in [1.82, 2.24) is 4.31 Å². The number of methoxy groups -OCH3 is 1. The Balaban J connectivity index is 1.97. The van der Waals surface area contributed by atoms with Crippen molar-refractivity contribution >= 4 is 21.6 Å². The number of hydrogen-bond donors (Lipinski definition) is 1. The summed E-state index contributed by atoms with van der Waals surface area (Å²) in [5, 5.41) is 10.2. The Morgan fingerprint density at radius 1 is 1.52 bits per heavy atom. The maximum atomic E-state index is 13.0. The maximum Gasteiger partial charge on any atom is 0.246 e. The summed E-state index contributed by atoms with van der Waals surface area (Å²) in [7, 11) is -2.33. The van der Waals surface area contributed by atoms with Gasteiger partial charge >= 0.3 is 0 Å². The number of aliphatic hydroxyl groups excluding tert-OH is 1. The molecule has 23 heavy (non-hydrogen) atoms. The maximum absolute atomic E-state index is 13.0. The molecule has 0 spiro atoms. The molecule has 2 heterocycles. The van der Waals surface area contributed by atoms with Gasteiger partial charge < -0.3 is 14.6 Å². The molecule has 3 rings (SSSR count). The SMILES string of the molecule is COc1ccc(Cl)cc1S(=O)(=O)N1C[C@@H]2COCC[C@]2(CO)C1. The van der Waals surface area contributed by atoms with Crippen LogP contribution in [-0.2, 0) is 14.8 Å². The quantitative estimate of drug-likeness (QED) is 0.876. The van der Waals surface area contributed by atoms with Crippen LogP contribution in [0.4, 0.5) is 0 Å². The fourth-order valence-electron chi connectivity index (χ4n) is 3.43. The van der Waals surface area contributed by atoms with Gasteiger partial charge in [0.25, 0.3) is 0 Å². The van der Waals surface area contributed by atoms with Crippen molar-refractivity contribution in [1.29, 1.82) is 0 Å². The van der Waals surface area contributed by atoms with Crippen LogP contribution in [0.25, 0.3) is 0 Å². The summed E-state index contributed by atoms with van der Waals surface area (Å²) in [4.78, 5) is 0.0557. The number of ether oxygens (including phenoxy) is 2. The summed E-state index contributed by atoms with van der Waals surface area (Å²) in [6, 6.07) is 4.54. The molecule has 0 bridgehead atoms. The van der Waals surface area contributed by atoms with E-state index in [9.17, 15) is 13.5 Å². The lowest BCUT2D eigenvalue weighted by Crippen LogP contribution is -2.41. The predicted octanol–water partition coefficient (Wildman–Crippen LogP) is 1.37. The number of aliphatic hydroxyl groups is 1. The second-order valence-corrected chi connectivity index (χ2v) is 8.48. The minimum atomic E-state index is -3.75. The molecule has 0 aliphatic carbocycles. The van der Waals surface area contributed by atoms with Crippen LogP contribution in [0.5, 0.6) is 5.75 Å². The number of rotatable bonds is 4. The molecule has 0 saturated carbocycles. The normalized spacial score (nSPS) is 28.6. The average Bonchev–Trinajstić information content (AvgIpc) is 2.96. The van der Waals surface area contributed by atoms with Crippen molar-refractivity contribution < 1.29 is 23.0 Å². The van der Waals surface area contributed by atoms with Crippen LogP contribution >= 0.6 is 11.6 Å².